The average molecular weight is 411 g/mol. The Labute approximate surface area is 175 Å². The van der Waals surface area contributed by atoms with Gasteiger partial charge in [-0.15, -0.1) is 11.3 Å². The Morgan fingerprint density at radius 1 is 1.10 bits per heavy atom. The molecular formula is C22H26N4O2S. The highest BCUT2D eigenvalue weighted by molar-refractivity contribution is 7.14. The van der Waals surface area contributed by atoms with Crippen LogP contribution >= 0.6 is 11.3 Å². The number of rotatable bonds is 10. The number of likely N-dealkylation sites (N-methyl/N-ethyl adjacent to an activating group) is 1. The fourth-order valence-electron chi connectivity index (χ4n) is 2.56. The van der Waals surface area contributed by atoms with Crippen LogP contribution in [-0.2, 0) is 0 Å². The van der Waals surface area contributed by atoms with Crippen LogP contribution in [0.4, 0.5) is 5.13 Å². The van der Waals surface area contributed by atoms with Gasteiger partial charge in [0.25, 0.3) is 0 Å². The molecule has 0 aliphatic heterocycles. The fourth-order valence-corrected chi connectivity index (χ4v) is 3.23. The zero-order valence-electron chi connectivity index (χ0n) is 17.0. The van der Waals surface area contributed by atoms with Crippen molar-refractivity contribution in [1.82, 2.24) is 9.88 Å². The van der Waals surface area contributed by atoms with Crippen molar-refractivity contribution in [3.63, 3.8) is 0 Å². The molecule has 152 valence electrons. The lowest BCUT2D eigenvalue weighted by atomic mass is 10.2. The summed E-state index contributed by atoms with van der Waals surface area (Å²) in [5.41, 5.74) is 5.94. The van der Waals surface area contributed by atoms with Crippen LogP contribution in [0.5, 0.6) is 11.5 Å². The molecule has 1 aromatic heterocycles. The summed E-state index contributed by atoms with van der Waals surface area (Å²) in [6.07, 6.45) is 1.75. The second kappa shape index (κ2) is 10.6. The maximum Gasteiger partial charge on any atom is 0.203 e. The van der Waals surface area contributed by atoms with Gasteiger partial charge in [0.15, 0.2) is 11.5 Å². The summed E-state index contributed by atoms with van der Waals surface area (Å²) in [6.45, 7) is 3.98. The lowest BCUT2D eigenvalue weighted by Crippen LogP contribution is -2.19. The van der Waals surface area contributed by atoms with E-state index in [1.54, 1.807) is 6.21 Å². The smallest absolute Gasteiger partial charge is 0.203 e. The van der Waals surface area contributed by atoms with Gasteiger partial charge in [0.1, 0.15) is 6.61 Å². The van der Waals surface area contributed by atoms with Crippen molar-refractivity contribution in [3.05, 3.63) is 59.5 Å². The maximum atomic E-state index is 5.84. The van der Waals surface area contributed by atoms with Crippen LogP contribution in [0.3, 0.4) is 0 Å². The minimum Gasteiger partial charge on any atom is -0.490 e. The van der Waals surface area contributed by atoms with Crippen molar-refractivity contribution in [2.24, 2.45) is 5.10 Å². The zero-order valence-corrected chi connectivity index (χ0v) is 17.8. The van der Waals surface area contributed by atoms with E-state index in [4.69, 9.17) is 9.47 Å². The first kappa shape index (κ1) is 20.8. The molecule has 0 unspecified atom stereocenters. The molecule has 3 rings (SSSR count). The molecule has 7 heteroatoms. The number of anilines is 1. The Hall–Kier alpha value is -2.90. The fraction of sp³-hybridized carbons (Fsp3) is 0.273. The molecule has 0 aliphatic rings. The molecule has 0 fully saturated rings. The SMILES string of the molecule is CCOc1cc(C=NNc2nc(-c3ccccc3)cs2)ccc1OCCN(C)C. The van der Waals surface area contributed by atoms with Gasteiger partial charge in [0.2, 0.25) is 5.13 Å². The molecule has 6 nitrogen and oxygen atoms in total. The lowest BCUT2D eigenvalue weighted by Gasteiger charge is -2.14. The molecule has 1 N–H and O–H groups in total. The summed E-state index contributed by atoms with van der Waals surface area (Å²) < 4.78 is 11.6. The van der Waals surface area contributed by atoms with E-state index < -0.39 is 0 Å². The first-order chi connectivity index (χ1) is 14.2. The third-order valence-corrected chi connectivity index (χ3v) is 4.76. The predicted molar refractivity (Wildman–Crippen MR) is 120 cm³/mol. The van der Waals surface area contributed by atoms with E-state index in [2.05, 4.69) is 20.4 Å². The number of hydrogen-bond donors (Lipinski definition) is 1. The summed E-state index contributed by atoms with van der Waals surface area (Å²) in [5, 5.41) is 7.06. The Bertz CT molecular complexity index is 926. The monoisotopic (exact) mass is 410 g/mol. The number of nitrogens with one attached hydrogen (secondary N) is 1. The Kier molecular flexibility index (Phi) is 7.61. The number of aromatic nitrogens is 1. The van der Waals surface area contributed by atoms with E-state index in [1.165, 1.54) is 11.3 Å². The van der Waals surface area contributed by atoms with Crippen molar-refractivity contribution >= 4 is 22.7 Å². The standard InChI is InChI=1S/C22H26N4O2S/c1-4-27-21-14-17(10-11-20(21)28-13-12-26(2)3)15-23-25-22-24-19(16-29-22)18-8-6-5-7-9-18/h5-11,14-16H,4,12-13H2,1-3H3,(H,24,25). The number of ether oxygens (including phenoxy) is 2. The topological polar surface area (TPSA) is 59.0 Å². The molecule has 0 spiro atoms. The Balaban J connectivity index is 1.62. The second-order valence-electron chi connectivity index (χ2n) is 6.56. The predicted octanol–water partition coefficient (Wildman–Crippen LogP) is 4.60. The van der Waals surface area contributed by atoms with Gasteiger partial charge in [0.05, 0.1) is 18.5 Å². The first-order valence-electron chi connectivity index (χ1n) is 9.50. The Morgan fingerprint density at radius 3 is 2.69 bits per heavy atom. The molecule has 2 aromatic carbocycles. The summed E-state index contributed by atoms with van der Waals surface area (Å²) in [7, 11) is 4.04. The van der Waals surface area contributed by atoms with Crippen LogP contribution < -0.4 is 14.9 Å². The van der Waals surface area contributed by atoms with Gasteiger partial charge in [-0.1, -0.05) is 30.3 Å². The number of benzene rings is 2. The van der Waals surface area contributed by atoms with Gasteiger partial charge in [0, 0.05) is 17.5 Å². The van der Waals surface area contributed by atoms with Crippen molar-refractivity contribution < 1.29 is 9.47 Å². The zero-order chi connectivity index (χ0) is 20.5. The molecule has 3 aromatic rings. The summed E-state index contributed by atoms with van der Waals surface area (Å²) >= 11 is 1.52. The van der Waals surface area contributed by atoms with Crippen molar-refractivity contribution in [3.8, 4) is 22.8 Å². The minimum absolute atomic E-state index is 0.574. The highest BCUT2D eigenvalue weighted by Crippen LogP contribution is 2.28. The van der Waals surface area contributed by atoms with Crippen molar-refractivity contribution in [2.75, 3.05) is 39.3 Å². The van der Waals surface area contributed by atoms with Crippen LogP contribution in [0.1, 0.15) is 12.5 Å². The lowest BCUT2D eigenvalue weighted by molar-refractivity contribution is 0.244. The van der Waals surface area contributed by atoms with Gasteiger partial charge >= 0.3 is 0 Å². The molecule has 0 amide bonds. The van der Waals surface area contributed by atoms with Gasteiger partial charge in [-0.25, -0.2) is 4.98 Å². The van der Waals surface area contributed by atoms with E-state index in [0.717, 1.165) is 40.0 Å². The van der Waals surface area contributed by atoms with Crippen LogP contribution in [0.2, 0.25) is 0 Å². The number of nitrogens with zero attached hydrogens (tertiary/aromatic N) is 3. The Morgan fingerprint density at radius 2 is 1.93 bits per heavy atom. The third kappa shape index (κ3) is 6.30. The summed E-state index contributed by atoms with van der Waals surface area (Å²) in [4.78, 5) is 6.64. The average Bonchev–Trinajstić information content (AvgIpc) is 3.19. The summed E-state index contributed by atoms with van der Waals surface area (Å²) in [5.74, 6) is 1.46. The van der Waals surface area contributed by atoms with E-state index in [0.29, 0.717) is 13.2 Å². The molecular weight excluding hydrogens is 384 g/mol. The number of hydrogen-bond acceptors (Lipinski definition) is 7. The second-order valence-corrected chi connectivity index (χ2v) is 7.42. The van der Waals surface area contributed by atoms with Crippen LogP contribution in [-0.4, -0.2) is 50.0 Å². The normalized spacial score (nSPS) is 11.2. The molecule has 0 saturated carbocycles. The van der Waals surface area contributed by atoms with Gasteiger partial charge in [-0.3, -0.25) is 5.43 Å². The third-order valence-electron chi connectivity index (χ3n) is 4.01. The molecule has 0 bridgehead atoms. The number of thiazole rings is 1. The first-order valence-corrected chi connectivity index (χ1v) is 10.4. The molecule has 0 atom stereocenters. The number of hydrazone groups is 1. The molecule has 0 saturated heterocycles. The largest absolute Gasteiger partial charge is 0.490 e. The van der Waals surface area contributed by atoms with Gasteiger partial charge in [-0.2, -0.15) is 5.10 Å². The van der Waals surface area contributed by atoms with E-state index in [1.807, 2.05) is 74.9 Å². The van der Waals surface area contributed by atoms with Crippen LogP contribution in [0, 0.1) is 0 Å². The van der Waals surface area contributed by atoms with Crippen molar-refractivity contribution in [2.45, 2.75) is 6.92 Å². The van der Waals surface area contributed by atoms with Crippen molar-refractivity contribution in [1.29, 1.82) is 0 Å². The molecule has 0 radical (unpaired) electrons. The minimum atomic E-state index is 0.574. The maximum absolute atomic E-state index is 5.84. The van der Waals surface area contributed by atoms with Crippen LogP contribution in [0.15, 0.2) is 59.0 Å². The molecule has 0 aliphatic carbocycles. The van der Waals surface area contributed by atoms with Gasteiger partial charge in [-0.05, 0) is 44.8 Å². The molecule has 29 heavy (non-hydrogen) atoms. The molecule has 1 heterocycles. The van der Waals surface area contributed by atoms with Crippen LogP contribution in [0.25, 0.3) is 11.3 Å². The van der Waals surface area contributed by atoms with E-state index >= 15 is 0 Å². The quantitative estimate of drug-likeness (QED) is 0.391. The van der Waals surface area contributed by atoms with Gasteiger partial charge < -0.3 is 14.4 Å². The summed E-state index contributed by atoms with van der Waals surface area (Å²) in [6, 6.07) is 15.9. The van der Waals surface area contributed by atoms with E-state index in [9.17, 15) is 0 Å². The highest BCUT2D eigenvalue weighted by atomic mass is 32.1. The highest BCUT2D eigenvalue weighted by Gasteiger charge is 2.07. The van der Waals surface area contributed by atoms with E-state index in [-0.39, 0.29) is 0 Å².